The lowest BCUT2D eigenvalue weighted by Crippen LogP contribution is -2.14. The van der Waals surface area contributed by atoms with Gasteiger partial charge in [-0.15, -0.1) is 0 Å². The molecule has 0 radical (unpaired) electrons. The van der Waals surface area contributed by atoms with E-state index in [-0.39, 0.29) is 12.2 Å². The largest absolute Gasteiger partial charge is 0.462 e. The molecule has 0 aliphatic carbocycles. The first-order valence-corrected chi connectivity index (χ1v) is 12.2. The Kier molecular flexibility index (Phi) is 7.94. The predicted octanol–water partition coefficient (Wildman–Crippen LogP) is 6.92. The molecule has 0 unspecified atom stereocenters. The summed E-state index contributed by atoms with van der Waals surface area (Å²) in [6.45, 7) is 2.02. The van der Waals surface area contributed by atoms with Crippen LogP contribution < -0.4 is 5.32 Å². The maximum Gasteiger partial charge on any atom is 0.338 e. The molecule has 0 fully saturated rings. The molecule has 1 amide bonds. The number of nitriles is 1. The highest BCUT2D eigenvalue weighted by molar-refractivity contribution is 9.10. The number of benzene rings is 4. The molecule has 0 atom stereocenters. The summed E-state index contributed by atoms with van der Waals surface area (Å²) in [6.07, 6.45) is 2.28. The van der Waals surface area contributed by atoms with Crippen LogP contribution in [-0.4, -0.2) is 18.5 Å². The van der Waals surface area contributed by atoms with E-state index in [1.165, 1.54) is 0 Å². The normalized spacial score (nSPS) is 11.1. The van der Waals surface area contributed by atoms with Gasteiger partial charge in [-0.2, -0.15) is 5.26 Å². The zero-order valence-electron chi connectivity index (χ0n) is 19.6. The van der Waals surface area contributed by atoms with Gasteiger partial charge in [0.2, 0.25) is 0 Å². The van der Waals surface area contributed by atoms with Crippen LogP contribution in [0.4, 0.5) is 5.69 Å². The Bertz CT molecular complexity index is 1500. The molecule has 0 saturated heterocycles. The standard InChI is InChI=1S/C30H23BrN2O3/c1-2-36-30(35)21-13-15-25(16-14-21)33-29(34)24(19-32)18-27-22(17-23-8-4-6-10-28(23)31)12-11-20-7-3-5-9-26(20)27/h3-16,18H,2,17H2,1H3,(H,33,34)/b24-18+. The van der Waals surface area contributed by atoms with E-state index in [2.05, 4.69) is 27.3 Å². The van der Waals surface area contributed by atoms with Gasteiger partial charge in [-0.3, -0.25) is 4.79 Å². The fraction of sp³-hybridized carbons (Fsp3) is 0.100. The first kappa shape index (κ1) is 24.9. The van der Waals surface area contributed by atoms with Crippen molar-refractivity contribution in [3.63, 3.8) is 0 Å². The third kappa shape index (κ3) is 5.70. The molecule has 4 aromatic rings. The van der Waals surface area contributed by atoms with Crippen LogP contribution >= 0.6 is 15.9 Å². The van der Waals surface area contributed by atoms with Gasteiger partial charge in [0.25, 0.3) is 5.91 Å². The van der Waals surface area contributed by atoms with E-state index in [9.17, 15) is 14.9 Å². The Morgan fingerprint density at radius 1 is 0.944 bits per heavy atom. The quantitative estimate of drug-likeness (QED) is 0.157. The topological polar surface area (TPSA) is 79.2 Å². The van der Waals surface area contributed by atoms with Gasteiger partial charge < -0.3 is 10.1 Å². The van der Waals surface area contributed by atoms with Gasteiger partial charge in [0.15, 0.2) is 0 Å². The highest BCUT2D eigenvalue weighted by Crippen LogP contribution is 2.29. The van der Waals surface area contributed by atoms with Crippen molar-refractivity contribution < 1.29 is 14.3 Å². The van der Waals surface area contributed by atoms with Crippen molar-refractivity contribution >= 4 is 50.3 Å². The molecule has 0 aliphatic rings. The van der Waals surface area contributed by atoms with Crippen molar-refractivity contribution in [1.82, 2.24) is 0 Å². The number of fused-ring (bicyclic) bond motifs is 1. The zero-order chi connectivity index (χ0) is 25.5. The Balaban J connectivity index is 1.68. The second kappa shape index (κ2) is 11.5. The summed E-state index contributed by atoms with van der Waals surface area (Å²) < 4.78 is 5.98. The minimum absolute atomic E-state index is 0.0193. The van der Waals surface area contributed by atoms with Crippen molar-refractivity contribution in [3.05, 3.63) is 117 Å². The summed E-state index contributed by atoms with van der Waals surface area (Å²) in [6, 6.07) is 28.4. The predicted molar refractivity (Wildman–Crippen MR) is 146 cm³/mol. The Labute approximate surface area is 218 Å². The number of nitrogens with one attached hydrogen (secondary N) is 1. The summed E-state index contributed by atoms with van der Waals surface area (Å²) in [4.78, 5) is 24.9. The molecule has 5 nitrogen and oxygen atoms in total. The Morgan fingerprint density at radius 2 is 1.67 bits per heavy atom. The fourth-order valence-electron chi connectivity index (χ4n) is 3.91. The number of rotatable bonds is 7. The van der Waals surface area contributed by atoms with Gasteiger partial charge in [0.05, 0.1) is 12.2 Å². The van der Waals surface area contributed by atoms with Crippen molar-refractivity contribution in [2.75, 3.05) is 11.9 Å². The first-order chi connectivity index (χ1) is 17.5. The van der Waals surface area contributed by atoms with Gasteiger partial charge in [0.1, 0.15) is 11.6 Å². The van der Waals surface area contributed by atoms with Gasteiger partial charge in [0, 0.05) is 10.2 Å². The highest BCUT2D eigenvalue weighted by Gasteiger charge is 2.15. The number of carbonyl (C=O) groups is 2. The lowest BCUT2D eigenvalue weighted by atomic mass is 9.93. The number of amides is 1. The van der Waals surface area contributed by atoms with Gasteiger partial charge in [-0.25, -0.2) is 4.79 Å². The molecule has 0 bridgehead atoms. The first-order valence-electron chi connectivity index (χ1n) is 11.4. The molecule has 0 saturated carbocycles. The molecule has 0 heterocycles. The molecule has 6 heteroatoms. The third-order valence-electron chi connectivity index (χ3n) is 5.71. The molecule has 0 aliphatic heterocycles. The number of hydrogen-bond acceptors (Lipinski definition) is 4. The number of carbonyl (C=O) groups excluding carboxylic acids is 2. The molecule has 4 aromatic carbocycles. The smallest absolute Gasteiger partial charge is 0.338 e. The number of nitrogens with zero attached hydrogens (tertiary/aromatic N) is 1. The zero-order valence-corrected chi connectivity index (χ0v) is 21.2. The van der Waals surface area contributed by atoms with Crippen molar-refractivity contribution in [1.29, 1.82) is 5.26 Å². The van der Waals surface area contributed by atoms with Gasteiger partial charge >= 0.3 is 5.97 Å². The van der Waals surface area contributed by atoms with Crippen molar-refractivity contribution in [2.24, 2.45) is 0 Å². The molecule has 0 spiro atoms. The molecule has 0 aromatic heterocycles. The molecule has 1 N–H and O–H groups in total. The van der Waals surface area contributed by atoms with Crippen molar-refractivity contribution in [2.45, 2.75) is 13.3 Å². The maximum atomic E-state index is 13.0. The van der Waals surface area contributed by atoms with Crippen LogP contribution in [0.5, 0.6) is 0 Å². The van der Waals surface area contributed by atoms with Crippen molar-refractivity contribution in [3.8, 4) is 6.07 Å². The molecule has 4 rings (SSSR count). The number of hydrogen-bond donors (Lipinski definition) is 1. The van der Waals surface area contributed by atoms with Crippen LogP contribution in [0, 0.1) is 11.3 Å². The Hall–Kier alpha value is -4.21. The summed E-state index contributed by atoms with van der Waals surface area (Å²) >= 11 is 3.61. The second-order valence-corrected chi connectivity index (χ2v) is 8.90. The summed E-state index contributed by atoms with van der Waals surface area (Å²) in [5.41, 5.74) is 3.77. The SMILES string of the molecule is CCOC(=O)c1ccc(NC(=O)/C(C#N)=C/c2c(Cc3ccccc3Br)ccc3ccccc23)cc1. The van der Waals surface area contributed by atoms with Crippen LogP contribution in [0.3, 0.4) is 0 Å². The van der Waals surface area contributed by atoms with Crippen LogP contribution in [0.25, 0.3) is 16.8 Å². The van der Waals surface area contributed by atoms with Gasteiger partial charge in [-0.05, 0) is 77.2 Å². The van der Waals surface area contributed by atoms with E-state index in [1.54, 1.807) is 37.3 Å². The van der Waals surface area contributed by atoms with E-state index in [1.807, 2.05) is 60.7 Å². The van der Waals surface area contributed by atoms with Gasteiger partial charge in [-0.1, -0.05) is 70.5 Å². The van der Waals surface area contributed by atoms with Crippen LogP contribution in [-0.2, 0) is 16.0 Å². The third-order valence-corrected chi connectivity index (χ3v) is 6.48. The number of esters is 1. The van der Waals surface area contributed by atoms with E-state index in [4.69, 9.17) is 4.74 Å². The van der Waals surface area contributed by atoms with E-state index in [0.717, 1.165) is 31.9 Å². The second-order valence-electron chi connectivity index (χ2n) is 8.05. The lowest BCUT2D eigenvalue weighted by Gasteiger charge is -2.12. The highest BCUT2D eigenvalue weighted by atomic mass is 79.9. The molecule has 36 heavy (non-hydrogen) atoms. The fourth-order valence-corrected chi connectivity index (χ4v) is 4.33. The summed E-state index contributed by atoms with van der Waals surface area (Å²) in [5, 5.41) is 14.6. The molecular formula is C30H23BrN2O3. The monoisotopic (exact) mass is 538 g/mol. The maximum absolute atomic E-state index is 13.0. The summed E-state index contributed by atoms with van der Waals surface area (Å²) in [5.74, 6) is -0.956. The summed E-state index contributed by atoms with van der Waals surface area (Å²) in [7, 11) is 0. The minimum atomic E-state index is -0.527. The van der Waals surface area contributed by atoms with E-state index in [0.29, 0.717) is 17.7 Å². The van der Waals surface area contributed by atoms with E-state index >= 15 is 0 Å². The van der Waals surface area contributed by atoms with Crippen LogP contribution in [0.15, 0.2) is 95.0 Å². The van der Waals surface area contributed by atoms with Crippen LogP contribution in [0.2, 0.25) is 0 Å². The Morgan fingerprint density at radius 3 is 2.39 bits per heavy atom. The molecular weight excluding hydrogens is 516 g/mol. The average Bonchev–Trinajstić information content (AvgIpc) is 2.89. The number of ether oxygens (including phenoxy) is 1. The average molecular weight is 539 g/mol. The van der Waals surface area contributed by atoms with E-state index < -0.39 is 11.9 Å². The number of halogens is 1. The number of anilines is 1. The van der Waals surface area contributed by atoms with Crippen LogP contribution in [0.1, 0.15) is 34.0 Å². The lowest BCUT2D eigenvalue weighted by molar-refractivity contribution is -0.112. The molecule has 178 valence electrons. The minimum Gasteiger partial charge on any atom is -0.462 e.